The summed E-state index contributed by atoms with van der Waals surface area (Å²) in [7, 11) is 0. The summed E-state index contributed by atoms with van der Waals surface area (Å²) in [6.07, 6.45) is -4.60. The smallest absolute Gasteiger partial charge is 0.312 e. The van der Waals surface area contributed by atoms with Gasteiger partial charge in [-0.1, -0.05) is 12.1 Å². The molecule has 1 unspecified atom stereocenters. The summed E-state index contributed by atoms with van der Waals surface area (Å²) in [6, 6.07) is 3.97. The van der Waals surface area contributed by atoms with Crippen LogP contribution in [0.4, 0.5) is 24.5 Å². The van der Waals surface area contributed by atoms with Crippen LogP contribution >= 0.6 is 0 Å². The fraction of sp³-hybridized carbons (Fsp3) is 0.429. The van der Waals surface area contributed by atoms with Gasteiger partial charge in [-0.25, -0.2) is 0 Å². The molecule has 0 spiro atoms. The first-order valence-electron chi connectivity index (χ1n) is 6.69. The van der Waals surface area contributed by atoms with Crippen molar-refractivity contribution in [1.82, 2.24) is 0 Å². The first kappa shape index (κ1) is 16.3. The second-order valence-corrected chi connectivity index (χ2v) is 5.31. The van der Waals surface area contributed by atoms with Gasteiger partial charge in [0.15, 0.2) is 6.04 Å². The number of carbonyl (C=O) groups is 2. The highest BCUT2D eigenvalue weighted by atomic mass is 19.4. The summed E-state index contributed by atoms with van der Waals surface area (Å²) in [5.74, 6) is -1.77. The van der Waals surface area contributed by atoms with Crippen LogP contribution in [-0.2, 0) is 9.59 Å². The first-order chi connectivity index (χ1) is 10.1. The molecule has 0 radical (unpaired) electrons. The Balaban J connectivity index is 2.62. The minimum Gasteiger partial charge on any atom is -0.312 e. The maximum absolute atomic E-state index is 12.8. The van der Waals surface area contributed by atoms with Crippen LogP contribution < -0.4 is 15.5 Å². The van der Waals surface area contributed by atoms with E-state index in [1.165, 1.54) is 23.1 Å². The molecule has 1 atom stereocenters. The Bertz CT molecular complexity index is 601. The lowest BCUT2D eigenvalue weighted by atomic mass is 10.2. The van der Waals surface area contributed by atoms with Gasteiger partial charge in [-0.3, -0.25) is 14.5 Å². The number of nitrogens with zero attached hydrogens (tertiary/aromatic N) is 2. The average Bonchev–Trinajstić information content (AvgIpc) is 2.48. The van der Waals surface area contributed by atoms with Gasteiger partial charge in [0, 0.05) is 6.04 Å². The average molecular weight is 315 g/mol. The Hall–Kier alpha value is -2.09. The molecule has 8 heteroatoms. The Morgan fingerprint density at radius 3 is 2.18 bits per heavy atom. The van der Waals surface area contributed by atoms with Crippen LogP contribution in [0.2, 0.25) is 0 Å². The molecule has 120 valence electrons. The molecule has 1 heterocycles. The zero-order valence-electron chi connectivity index (χ0n) is 12.1. The zero-order valence-corrected chi connectivity index (χ0v) is 12.1. The molecular weight excluding hydrogens is 299 g/mol. The Labute approximate surface area is 125 Å². The van der Waals surface area contributed by atoms with E-state index in [4.69, 9.17) is 5.73 Å². The number of hydrogen-bond acceptors (Lipinski definition) is 3. The van der Waals surface area contributed by atoms with Crippen LogP contribution in [0, 0.1) is 0 Å². The largest absolute Gasteiger partial charge is 0.406 e. The van der Waals surface area contributed by atoms with Crippen molar-refractivity contribution in [3.8, 4) is 0 Å². The lowest BCUT2D eigenvalue weighted by Crippen LogP contribution is -2.53. The minimum absolute atomic E-state index is 0.0276. The second kappa shape index (κ2) is 5.60. The van der Waals surface area contributed by atoms with Crippen LogP contribution in [0.25, 0.3) is 0 Å². The maximum Gasteiger partial charge on any atom is 0.406 e. The zero-order chi connectivity index (χ0) is 16.7. The third kappa shape index (κ3) is 2.92. The van der Waals surface area contributed by atoms with Crippen LogP contribution in [0.3, 0.4) is 0 Å². The van der Waals surface area contributed by atoms with Crippen molar-refractivity contribution in [3.05, 3.63) is 24.3 Å². The predicted octanol–water partition coefficient (Wildman–Crippen LogP) is 1.66. The van der Waals surface area contributed by atoms with Gasteiger partial charge in [0.2, 0.25) is 0 Å². The predicted molar refractivity (Wildman–Crippen MR) is 75.4 cm³/mol. The van der Waals surface area contributed by atoms with Gasteiger partial charge >= 0.3 is 6.18 Å². The van der Waals surface area contributed by atoms with E-state index < -0.39 is 30.6 Å². The van der Waals surface area contributed by atoms with E-state index in [1.807, 2.05) is 0 Å². The number of hydrogen-bond donors (Lipinski definition) is 1. The molecule has 5 nitrogen and oxygen atoms in total. The van der Waals surface area contributed by atoms with Crippen molar-refractivity contribution in [2.24, 2.45) is 5.73 Å². The summed E-state index contributed by atoms with van der Waals surface area (Å²) < 4.78 is 38.4. The van der Waals surface area contributed by atoms with E-state index in [2.05, 4.69) is 0 Å². The van der Waals surface area contributed by atoms with Crippen molar-refractivity contribution in [1.29, 1.82) is 0 Å². The number of nitrogens with two attached hydrogens (primary N) is 1. The number of carbonyl (C=O) groups excluding carboxylic acids is 2. The molecule has 0 aromatic heterocycles. The highest BCUT2D eigenvalue weighted by molar-refractivity contribution is 6.20. The van der Waals surface area contributed by atoms with E-state index in [9.17, 15) is 22.8 Å². The molecule has 2 rings (SSSR count). The van der Waals surface area contributed by atoms with Crippen LogP contribution in [0.1, 0.15) is 13.8 Å². The Kier molecular flexibility index (Phi) is 4.15. The number of halogens is 3. The van der Waals surface area contributed by atoms with Gasteiger partial charge in [0.05, 0.1) is 11.4 Å². The Morgan fingerprint density at radius 2 is 1.68 bits per heavy atom. The number of alkyl halides is 3. The van der Waals surface area contributed by atoms with Crippen LogP contribution in [-0.4, -0.2) is 36.6 Å². The number of para-hydroxylation sites is 2. The minimum atomic E-state index is -4.60. The second-order valence-electron chi connectivity index (χ2n) is 5.31. The topological polar surface area (TPSA) is 66.6 Å². The van der Waals surface area contributed by atoms with Crippen molar-refractivity contribution in [2.75, 3.05) is 16.3 Å². The van der Waals surface area contributed by atoms with Crippen molar-refractivity contribution in [3.63, 3.8) is 0 Å². The third-order valence-corrected chi connectivity index (χ3v) is 3.32. The highest BCUT2D eigenvalue weighted by Crippen LogP contribution is 2.35. The highest BCUT2D eigenvalue weighted by Gasteiger charge is 2.43. The van der Waals surface area contributed by atoms with E-state index in [0.717, 1.165) is 0 Å². The first-order valence-corrected chi connectivity index (χ1v) is 6.69. The van der Waals surface area contributed by atoms with Crippen molar-refractivity contribution >= 4 is 23.2 Å². The summed E-state index contributed by atoms with van der Waals surface area (Å²) in [4.78, 5) is 26.3. The van der Waals surface area contributed by atoms with Gasteiger partial charge in [-0.15, -0.1) is 0 Å². The molecule has 0 fully saturated rings. The number of anilines is 2. The molecule has 0 saturated carbocycles. The molecule has 0 aliphatic carbocycles. The molecular formula is C14H16F3N3O2. The summed E-state index contributed by atoms with van der Waals surface area (Å²) in [6.45, 7) is 1.91. The number of benzene rings is 1. The fourth-order valence-corrected chi connectivity index (χ4v) is 2.43. The standard InChI is InChI=1S/C14H16F3N3O2/c1-8(2)20-10-6-4-3-5-9(10)19(7-14(15,16)17)12(21)11(18)13(20)22/h3-6,8,11H,7,18H2,1-2H3. The van der Waals surface area contributed by atoms with Crippen molar-refractivity contribution < 1.29 is 22.8 Å². The summed E-state index contributed by atoms with van der Waals surface area (Å²) in [5.41, 5.74) is 5.86. The van der Waals surface area contributed by atoms with E-state index in [0.29, 0.717) is 4.90 Å². The molecule has 1 aromatic rings. The Morgan fingerprint density at radius 1 is 1.14 bits per heavy atom. The molecule has 2 N–H and O–H groups in total. The van der Waals surface area contributed by atoms with Gasteiger partial charge in [0.1, 0.15) is 6.54 Å². The van der Waals surface area contributed by atoms with Gasteiger partial charge in [0.25, 0.3) is 11.8 Å². The lowest BCUT2D eigenvalue weighted by molar-refractivity contribution is -0.136. The van der Waals surface area contributed by atoms with Crippen molar-refractivity contribution in [2.45, 2.75) is 32.1 Å². The molecule has 0 saturated heterocycles. The molecule has 1 aromatic carbocycles. The molecule has 0 bridgehead atoms. The van der Waals surface area contributed by atoms with Gasteiger partial charge in [-0.05, 0) is 26.0 Å². The third-order valence-electron chi connectivity index (χ3n) is 3.32. The SMILES string of the molecule is CC(C)N1C(=O)C(N)C(=O)N(CC(F)(F)F)c2ccccc21. The van der Waals surface area contributed by atoms with Gasteiger partial charge < -0.3 is 10.6 Å². The monoisotopic (exact) mass is 315 g/mol. The lowest BCUT2D eigenvalue weighted by Gasteiger charge is -2.28. The van der Waals surface area contributed by atoms with Crippen LogP contribution in [0.15, 0.2) is 24.3 Å². The molecule has 1 aliphatic rings. The molecule has 22 heavy (non-hydrogen) atoms. The van der Waals surface area contributed by atoms with Gasteiger partial charge in [-0.2, -0.15) is 13.2 Å². The molecule has 1 aliphatic heterocycles. The molecule has 2 amide bonds. The van der Waals surface area contributed by atoms with E-state index in [-0.39, 0.29) is 17.4 Å². The summed E-state index contributed by atoms with van der Waals surface area (Å²) in [5, 5.41) is 0. The fourth-order valence-electron chi connectivity index (χ4n) is 2.43. The number of amides is 2. The maximum atomic E-state index is 12.8. The number of fused-ring (bicyclic) bond motifs is 1. The number of rotatable bonds is 2. The van der Waals surface area contributed by atoms with Crippen LogP contribution in [0.5, 0.6) is 0 Å². The normalized spacial score (nSPS) is 19.5. The summed E-state index contributed by atoms with van der Waals surface area (Å²) >= 11 is 0. The van der Waals surface area contributed by atoms with E-state index >= 15 is 0 Å². The van der Waals surface area contributed by atoms with E-state index in [1.54, 1.807) is 19.9 Å². The quantitative estimate of drug-likeness (QED) is 0.844.